The third-order valence-electron chi connectivity index (χ3n) is 1.98. The van der Waals surface area contributed by atoms with E-state index in [1.807, 2.05) is 6.07 Å². The van der Waals surface area contributed by atoms with Crippen molar-refractivity contribution in [2.45, 2.75) is 6.54 Å². The quantitative estimate of drug-likeness (QED) is 0.772. The second kappa shape index (κ2) is 4.78. The first-order valence-corrected chi connectivity index (χ1v) is 4.53. The largest absolute Gasteiger partial charge is 0.465 e. The molecular formula is C10H9ClN2O2. The lowest BCUT2D eigenvalue weighted by molar-refractivity contribution is 0.0599. The van der Waals surface area contributed by atoms with Gasteiger partial charge in [-0.2, -0.15) is 5.26 Å². The number of nitriles is 1. The van der Waals surface area contributed by atoms with E-state index in [2.05, 4.69) is 4.74 Å². The molecule has 0 unspecified atom stereocenters. The van der Waals surface area contributed by atoms with Crippen LogP contribution in [0.25, 0.3) is 0 Å². The molecule has 1 aromatic rings. The van der Waals surface area contributed by atoms with Gasteiger partial charge in [0.05, 0.1) is 29.3 Å². The standard InChI is InChI=1S/C10H9ClN2O2/c1-15-10(14)9-7(5-13)6(4-12)2-3-8(9)11/h2-3H,5,13H2,1H3. The number of esters is 1. The molecular weight excluding hydrogens is 216 g/mol. The predicted octanol–water partition coefficient (Wildman–Crippen LogP) is 1.46. The molecule has 0 saturated carbocycles. The van der Waals surface area contributed by atoms with Gasteiger partial charge in [-0.15, -0.1) is 0 Å². The molecule has 0 aromatic heterocycles. The molecule has 1 rings (SSSR count). The van der Waals surface area contributed by atoms with E-state index in [4.69, 9.17) is 22.6 Å². The number of methoxy groups -OCH3 is 1. The lowest BCUT2D eigenvalue weighted by atomic mass is 10.0. The second-order valence-electron chi connectivity index (χ2n) is 2.76. The van der Waals surface area contributed by atoms with Gasteiger partial charge in [0.1, 0.15) is 0 Å². The van der Waals surface area contributed by atoms with Gasteiger partial charge >= 0.3 is 5.97 Å². The van der Waals surface area contributed by atoms with E-state index < -0.39 is 5.97 Å². The van der Waals surface area contributed by atoms with E-state index in [0.29, 0.717) is 11.1 Å². The fraction of sp³-hybridized carbons (Fsp3) is 0.200. The molecule has 0 radical (unpaired) electrons. The number of rotatable bonds is 2. The normalized spacial score (nSPS) is 9.47. The van der Waals surface area contributed by atoms with Crippen LogP contribution in [0.3, 0.4) is 0 Å². The molecule has 0 fully saturated rings. The van der Waals surface area contributed by atoms with E-state index in [1.165, 1.54) is 19.2 Å². The van der Waals surface area contributed by atoms with Crippen LogP contribution in [0, 0.1) is 11.3 Å². The Labute approximate surface area is 92.2 Å². The van der Waals surface area contributed by atoms with Crippen molar-refractivity contribution in [3.8, 4) is 6.07 Å². The number of hydrogen-bond acceptors (Lipinski definition) is 4. The zero-order valence-electron chi connectivity index (χ0n) is 8.08. The Kier molecular flexibility index (Phi) is 3.67. The maximum Gasteiger partial charge on any atom is 0.339 e. The highest BCUT2D eigenvalue weighted by Crippen LogP contribution is 2.23. The molecule has 2 N–H and O–H groups in total. The van der Waals surface area contributed by atoms with Crippen LogP contribution in [0.5, 0.6) is 0 Å². The van der Waals surface area contributed by atoms with Crippen LogP contribution in [-0.4, -0.2) is 13.1 Å². The van der Waals surface area contributed by atoms with Crippen molar-refractivity contribution in [3.05, 3.63) is 33.8 Å². The minimum atomic E-state index is -0.586. The number of nitrogens with zero attached hydrogens (tertiary/aromatic N) is 1. The number of halogens is 1. The first-order chi connectivity index (χ1) is 7.15. The Morgan fingerprint density at radius 3 is 2.80 bits per heavy atom. The number of benzene rings is 1. The van der Waals surface area contributed by atoms with Gasteiger partial charge in [0.15, 0.2) is 0 Å². The summed E-state index contributed by atoms with van der Waals surface area (Å²) in [6, 6.07) is 4.95. The molecule has 5 heteroatoms. The van der Waals surface area contributed by atoms with Gasteiger partial charge in [-0.25, -0.2) is 4.79 Å². The predicted molar refractivity (Wildman–Crippen MR) is 55.4 cm³/mol. The lowest BCUT2D eigenvalue weighted by Gasteiger charge is -2.09. The maximum atomic E-state index is 11.4. The van der Waals surface area contributed by atoms with Crippen molar-refractivity contribution < 1.29 is 9.53 Å². The fourth-order valence-corrected chi connectivity index (χ4v) is 1.51. The minimum absolute atomic E-state index is 0.0634. The molecule has 78 valence electrons. The Hall–Kier alpha value is -1.57. The summed E-state index contributed by atoms with van der Waals surface area (Å²) in [7, 11) is 1.25. The molecule has 0 atom stereocenters. The summed E-state index contributed by atoms with van der Waals surface area (Å²) in [4.78, 5) is 11.4. The number of nitrogens with two attached hydrogens (primary N) is 1. The average Bonchev–Trinajstić information content (AvgIpc) is 2.27. The summed E-state index contributed by atoms with van der Waals surface area (Å²) < 4.78 is 4.57. The highest BCUT2D eigenvalue weighted by atomic mass is 35.5. The Bertz CT molecular complexity index is 438. The Morgan fingerprint density at radius 1 is 1.67 bits per heavy atom. The average molecular weight is 225 g/mol. The van der Waals surface area contributed by atoms with Gasteiger partial charge in [0.25, 0.3) is 0 Å². The van der Waals surface area contributed by atoms with Crippen LogP contribution >= 0.6 is 11.6 Å². The summed E-state index contributed by atoms with van der Waals surface area (Å²) in [6.45, 7) is 0.0634. The third-order valence-corrected chi connectivity index (χ3v) is 2.29. The summed E-state index contributed by atoms with van der Waals surface area (Å²) in [5.41, 5.74) is 6.39. The molecule has 0 heterocycles. The van der Waals surface area contributed by atoms with Gasteiger partial charge in [0.2, 0.25) is 0 Å². The van der Waals surface area contributed by atoms with Crippen molar-refractivity contribution in [1.82, 2.24) is 0 Å². The highest BCUT2D eigenvalue weighted by molar-refractivity contribution is 6.33. The first kappa shape index (κ1) is 11.5. The minimum Gasteiger partial charge on any atom is -0.465 e. The lowest BCUT2D eigenvalue weighted by Crippen LogP contribution is -2.11. The van der Waals surface area contributed by atoms with Crippen molar-refractivity contribution in [3.63, 3.8) is 0 Å². The fourth-order valence-electron chi connectivity index (χ4n) is 1.26. The number of hydrogen-bond donors (Lipinski definition) is 1. The number of ether oxygens (including phenoxy) is 1. The van der Waals surface area contributed by atoms with Crippen LogP contribution in [0.15, 0.2) is 12.1 Å². The molecule has 0 bridgehead atoms. The first-order valence-electron chi connectivity index (χ1n) is 4.15. The summed E-state index contributed by atoms with van der Waals surface area (Å²) >= 11 is 5.84. The van der Waals surface area contributed by atoms with Gasteiger partial charge < -0.3 is 10.5 Å². The molecule has 4 nitrogen and oxygen atoms in total. The molecule has 0 aliphatic rings. The van der Waals surface area contributed by atoms with Gasteiger partial charge in [-0.1, -0.05) is 11.6 Å². The smallest absolute Gasteiger partial charge is 0.339 e. The molecule has 0 saturated heterocycles. The molecule has 0 aliphatic heterocycles. The van der Waals surface area contributed by atoms with Crippen LogP contribution in [0.4, 0.5) is 0 Å². The van der Waals surface area contributed by atoms with E-state index in [1.54, 1.807) is 0 Å². The van der Waals surface area contributed by atoms with Crippen LogP contribution in [0.1, 0.15) is 21.5 Å². The summed E-state index contributed by atoms with van der Waals surface area (Å²) in [5, 5.41) is 9.06. The molecule has 0 aliphatic carbocycles. The SMILES string of the molecule is COC(=O)c1c(Cl)ccc(C#N)c1CN. The van der Waals surface area contributed by atoms with Crippen molar-refractivity contribution in [2.75, 3.05) is 7.11 Å². The number of carbonyl (C=O) groups excluding carboxylic acids is 1. The molecule has 15 heavy (non-hydrogen) atoms. The third kappa shape index (κ3) is 2.09. The topological polar surface area (TPSA) is 76.1 Å². The van der Waals surface area contributed by atoms with E-state index >= 15 is 0 Å². The maximum absolute atomic E-state index is 11.4. The van der Waals surface area contributed by atoms with Crippen LogP contribution in [-0.2, 0) is 11.3 Å². The van der Waals surface area contributed by atoms with E-state index in [0.717, 1.165) is 0 Å². The highest BCUT2D eigenvalue weighted by Gasteiger charge is 2.18. The number of carbonyl (C=O) groups is 1. The summed E-state index contributed by atoms with van der Waals surface area (Å²) in [6.07, 6.45) is 0. The van der Waals surface area contributed by atoms with Crippen LogP contribution in [0.2, 0.25) is 5.02 Å². The monoisotopic (exact) mass is 224 g/mol. The van der Waals surface area contributed by atoms with E-state index in [9.17, 15) is 4.79 Å². The van der Waals surface area contributed by atoms with Gasteiger partial charge in [-0.3, -0.25) is 0 Å². The zero-order valence-corrected chi connectivity index (χ0v) is 8.84. The van der Waals surface area contributed by atoms with E-state index in [-0.39, 0.29) is 17.1 Å². The Balaban J connectivity index is 3.47. The van der Waals surface area contributed by atoms with Crippen molar-refractivity contribution in [2.24, 2.45) is 5.73 Å². The second-order valence-corrected chi connectivity index (χ2v) is 3.16. The molecule has 0 spiro atoms. The zero-order chi connectivity index (χ0) is 11.4. The summed E-state index contributed by atoms with van der Waals surface area (Å²) in [5.74, 6) is -0.586. The van der Waals surface area contributed by atoms with Crippen LogP contribution < -0.4 is 5.73 Å². The van der Waals surface area contributed by atoms with Crippen molar-refractivity contribution in [1.29, 1.82) is 5.26 Å². The Morgan fingerprint density at radius 2 is 2.33 bits per heavy atom. The molecule has 1 aromatic carbocycles. The van der Waals surface area contributed by atoms with Crippen molar-refractivity contribution >= 4 is 17.6 Å². The molecule has 0 amide bonds. The van der Waals surface area contributed by atoms with Gasteiger partial charge in [0, 0.05) is 6.54 Å². The van der Waals surface area contributed by atoms with Gasteiger partial charge in [-0.05, 0) is 17.7 Å².